The molecule has 1 amide bonds. The first-order valence-electron chi connectivity index (χ1n) is 7.12. The smallest absolute Gasteiger partial charge is 0.282 e. The standard InChI is InChI=1S/C15H13Cl3N4O3/c16-15(17,18)14(20-9-10-4-3-7-19-8-10)21-13(23)11-5-1-2-6-12(11)22(24)25/h1-8,14,20H,9H2,(H,21,23)/p+1/t14-/m0/s1. The van der Waals surface area contributed by atoms with E-state index in [0.717, 1.165) is 5.56 Å². The summed E-state index contributed by atoms with van der Waals surface area (Å²) in [6.07, 6.45) is 2.33. The van der Waals surface area contributed by atoms with Gasteiger partial charge in [0.2, 0.25) is 6.17 Å². The number of hydrogen-bond donors (Lipinski definition) is 2. The molecular weight excluding hydrogens is 391 g/mol. The van der Waals surface area contributed by atoms with Crippen LogP contribution in [0.1, 0.15) is 15.9 Å². The first-order valence-corrected chi connectivity index (χ1v) is 8.25. The van der Waals surface area contributed by atoms with E-state index in [9.17, 15) is 14.9 Å². The summed E-state index contributed by atoms with van der Waals surface area (Å²) in [4.78, 5) is 26.8. The van der Waals surface area contributed by atoms with Crippen LogP contribution in [0.25, 0.3) is 0 Å². The van der Waals surface area contributed by atoms with Crippen LogP contribution in [0, 0.1) is 10.1 Å². The number of benzene rings is 1. The molecule has 0 spiro atoms. The molecule has 0 bridgehead atoms. The summed E-state index contributed by atoms with van der Waals surface area (Å²) < 4.78 is -1.82. The number of halogens is 3. The molecule has 0 saturated heterocycles. The zero-order valence-electron chi connectivity index (χ0n) is 12.7. The Morgan fingerprint density at radius 1 is 1.28 bits per heavy atom. The number of aromatic nitrogens is 1. The Morgan fingerprint density at radius 2 is 2.00 bits per heavy atom. The van der Waals surface area contributed by atoms with Crippen LogP contribution in [-0.2, 0) is 6.54 Å². The van der Waals surface area contributed by atoms with Gasteiger partial charge in [0.25, 0.3) is 15.4 Å². The van der Waals surface area contributed by atoms with Gasteiger partial charge in [0.05, 0.1) is 4.92 Å². The number of amides is 1. The van der Waals surface area contributed by atoms with Crippen molar-refractivity contribution in [3.05, 3.63) is 70.0 Å². The molecule has 2 rings (SSSR count). The van der Waals surface area contributed by atoms with E-state index in [2.05, 4.69) is 10.3 Å². The first-order chi connectivity index (χ1) is 11.8. The Hall–Kier alpha value is -1.93. The van der Waals surface area contributed by atoms with Gasteiger partial charge in [-0.15, -0.1) is 0 Å². The van der Waals surface area contributed by atoms with E-state index in [0.29, 0.717) is 6.54 Å². The lowest BCUT2D eigenvalue weighted by Crippen LogP contribution is -2.95. The van der Waals surface area contributed by atoms with Crippen molar-refractivity contribution in [1.82, 2.24) is 10.3 Å². The number of para-hydroxylation sites is 1. The summed E-state index contributed by atoms with van der Waals surface area (Å²) in [5, 5.41) is 15.2. The largest absolute Gasteiger partial charge is 0.319 e. The summed E-state index contributed by atoms with van der Waals surface area (Å²) in [7, 11) is 0. The van der Waals surface area contributed by atoms with Crippen molar-refractivity contribution in [1.29, 1.82) is 0 Å². The molecule has 10 heteroatoms. The van der Waals surface area contributed by atoms with Crippen LogP contribution >= 0.6 is 34.8 Å². The van der Waals surface area contributed by atoms with Gasteiger partial charge in [-0.05, 0) is 12.1 Å². The molecule has 25 heavy (non-hydrogen) atoms. The molecule has 1 aromatic carbocycles. The SMILES string of the molecule is O=C(N[C@H]([NH2+]Cc1cccnc1)C(Cl)(Cl)Cl)c1ccccc1[N+](=O)[O-]. The average molecular weight is 405 g/mol. The molecule has 0 aliphatic carbocycles. The van der Waals surface area contributed by atoms with Gasteiger partial charge in [0.15, 0.2) is 0 Å². The minimum atomic E-state index is -1.82. The highest BCUT2D eigenvalue weighted by molar-refractivity contribution is 6.68. The molecule has 0 radical (unpaired) electrons. The topological polar surface area (TPSA) is 102 Å². The number of rotatable bonds is 6. The maximum absolute atomic E-state index is 12.4. The van der Waals surface area contributed by atoms with E-state index in [1.807, 2.05) is 6.07 Å². The molecule has 1 atom stereocenters. The maximum atomic E-state index is 12.4. The Bertz CT molecular complexity index is 753. The fourth-order valence-corrected chi connectivity index (χ4v) is 2.52. The number of alkyl halides is 3. The van der Waals surface area contributed by atoms with Gasteiger partial charge in [0, 0.05) is 24.0 Å². The zero-order chi connectivity index (χ0) is 18.4. The van der Waals surface area contributed by atoms with Gasteiger partial charge in [-0.2, -0.15) is 0 Å². The number of nitro groups is 1. The molecule has 0 saturated carbocycles. The number of hydrogen-bond acceptors (Lipinski definition) is 4. The molecule has 0 fully saturated rings. The van der Waals surface area contributed by atoms with Crippen molar-refractivity contribution in [3.63, 3.8) is 0 Å². The fraction of sp³-hybridized carbons (Fsp3) is 0.200. The monoisotopic (exact) mass is 403 g/mol. The number of nitrogens with two attached hydrogens (primary N) is 1. The van der Waals surface area contributed by atoms with E-state index in [4.69, 9.17) is 34.8 Å². The molecule has 0 unspecified atom stereocenters. The van der Waals surface area contributed by atoms with Gasteiger partial charge in [0.1, 0.15) is 12.1 Å². The molecule has 0 aliphatic rings. The number of nitro benzene ring substituents is 1. The van der Waals surface area contributed by atoms with E-state index >= 15 is 0 Å². The zero-order valence-corrected chi connectivity index (χ0v) is 15.0. The summed E-state index contributed by atoms with van der Waals surface area (Å²) in [6.45, 7) is 0.392. The van der Waals surface area contributed by atoms with Crippen molar-refractivity contribution in [2.45, 2.75) is 16.5 Å². The van der Waals surface area contributed by atoms with E-state index in [1.54, 1.807) is 23.8 Å². The number of quaternary nitrogens is 1. The quantitative estimate of drug-likeness (QED) is 0.333. The second kappa shape index (κ2) is 8.44. The van der Waals surface area contributed by atoms with Gasteiger partial charge >= 0.3 is 0 Å². The molecule has 7 nitrogen and oxygen atoms in total. The van der Waals surface area contributed by atoms with Gasteiger partial charge in [-0.25, -0.2) is 0 Å². The van der Waals surface area contributed by atoms with Crippen LogP contribution in [0.2, 0.25) is 0 Å². The van der Waals surface area contributed by atoms with Gasteiger partial charge in [-0.1, -0.05) is 53.0 Å². The maximum Gasteiger partial charge on any atom is 0.282 e. The van der Waals surface area contributed by atoms with Crippen molar-refractivity contribution < 1.29 is 15.0 Å². The lowest BCUT2D eigenvalue weighted by Gasteiger charge is -2.23. The Kier molecular flexibility index (Phi) is 6.55. The number of nitrogens with zero attached hydrogens (tertiary/aromatic N) is 2. The fourth-order valence-electron chi connectivity index (χ4n) is 2.09. The third kappa shape index (κ3) is 5.54. The third-order valence-corrected chi connectivity index (χ3v) is 4.00. The number of nitrogens with one attached hydrogen (secondary N) is 1. The van der Waals surface area contributed by atoms with Crippen LogP contribution in [0.4, 0.5) is 5.69 Å². The lowest BCUT2D eigenvalue weighted by molar-refractivity contribution is -0.706. The molecule has 1 heterocycles. The predicted octanol–water partition coefficient (Wildman–Crippen LogP) is 2.18. The third-order valence-electron chi connectivity index (χ3n) is 3.30. The highest BCUT2D eigenvalue weighted by atomic mass is 35.6. The van der Waals surface area contributed by atoms with E-state index < -0.39 is 20.8 Å². The summed E-state index contributed by atoms with van der Waals surface area (Å²) in [5.74, 6) is -0.703. The van der Waals surface area contributed by atoms with Crippen LogP contribution in [0.5, 0.6) is 0 Å². The molecule has 1 aromatic heterocycles. The van der Waals surface area contributed by atoms with Gasteiger partial charge < -0.3 is 5.32 Å². The molecule has 2 aromatic rings. The lowest BCUT2D eigenvalue weighted by atomic mass is 10.1. The van der Waals surface area contributed by atoms with Crippen molar-refractivity contribution >= 4 is 46.4 Å². The highest BCUT2D eigenvalue weighted by Crippen LogP contribution is 2.28. The van der Waals surface area contributed by atoms with Crippen molar-refractivity contribution in [2.24, 2.45) is 0 Å². The van der Waals surface area contributed by atoms with Crippen LogP contribution < -0.4 is 10.6 Å². The van der Waals surface area contributed by atoms with E-state index in [1.165, 1.54) is 24.3 Å². The predicted molar refractivity (Wildman–Crippen MR) is 94.5 cm³/mol. The normalized spacial score (nSPS) is 12.4. The minimum absolute atomic E-state index is 0.110. The van der Waals surface area contributed by atoms with E-state index in [-0.39, 0.29) is 11.3 Å². The second-order valence-electron chi connectivity index (χ2n) is 5.07. The number of pyridine rings is 1. The van der Waals surface area contributed by atoms with Crippen molar-refractivity contribution in [3.8, 4) is 0 Å². The van der Waals surface area contributed by atoms with Gasteiger partial charge in [-0.3, -0.25) is 25.2 Å². The Labute approximate surface area is 158 Å². The molecular formula is C15H14Cl3N4O3+. The van der Waals surface area contributed by atoms with Crippen LogP contribution in [0.3, 0.4) is 0 Å². The molecule has 132 valence electrons. The van der Waals surface area contributed by atoms with Crippen molar-refractivity contribution in [2.75, 3.05) is 0 Å². The number of carbonyl (C=O) groups excluding carboxylic acids is 1. The molecule has 0 aliphatic heterocycles. The Balaban J connectivity index is 2.14. The number of carbonyl (C=O) groups is 1. The molecule has 3 N–H and O–H groups in total. The Morgan fingerprint density at radius 3 is 2.60 bits per heavy atom. The summed E-state index contributed by atoms with van der Waals surface area (Å²) in [5.41, 5.74) is 0.429. The average Bonchev–Trinajstić information content (AvgIpc) is 2.58. The summed E-state index contributed by atoms with van der Waals surface area (Å²) >= 11 is 17.8. The first kappa shape index (κ1) is 19.4. The minimum Gasteiger partial charge on any atom is -0.319 e. The van der Waals surface area contributed by atoms with Crippen LogP contribution in [0.15, 0.2) is 48.8 Å². The second-order valence-corrected chi connectivity index (χ2v) is 7.44. The highest BCUT2D eigenvalue weighted by Gasteiger charge is 2.38. The summed E-state index contributed by atoms with van der Waals surface area (Å²) in [6, 6.07) is 9.16. The van der Waals surface area contributed by atoms with Crippen LogP contribution in [-0.4, -0.2) is 25.8 Å².